The van der Waals surface area contributed by atoms with Gasteiger partial charge in [-0.2, -0.15) is 4.31 Å². The van der Waals surface area contributed by atoms with Gasteiger partial charge in [-0.15, -0.1) is 0 Å². The van der Waals surface area contributed by atoms with Crippen molar-refractivity contribution in [2.24, 2.45) is 7.05 Å². The van der Waals surface area contributed by atoms with Crippen LogP contribution < -0.4 is 5.56 Å². The van der Waals surface area contributed by atoms with Gasteiger partial charge in [0.1, 0.15) is 0 Å². The van der Waals surface area contributed by atoms with E-state index in [4.69, 9.17) is 0 Å². The third kappa shape index (κ3) is 3.49. The minimum atomic E-state index is -3.55. The van der Waals surface area contributed by atoms with Crippen LogP contribution in [-0.4, -0.2) is 54.3 Å². The number of benzene rings is 1. The lowest BCUT2D eigenvalue weighted by atomic mass is 10.2. The molecule has 3 rings (SSSR count). The first-order valence-corrected chi connectivity index (χ1v) is 9.35. The number of nitrogens with zero attached hydrogens (tertiary/aromatic N) is 3. The highest BCUT2D eigenvalue weighted by Gasteiger charge is 2.30. The average Bonchev–Trinajstić information content (AvgIpc) is 2.64. The zero-order valence-corrected chi connectivity index (χ0v) is 14.6. The molecule has 1 amide bonds. The van der Waals surface area contributed by atoms with Crippen LogP contribution >= 0.6 is 0 Å². The van der Waals surface area contributed by atoms with Gasteiger partial charge in [0, 0.05) is 51.1 Å². The molecular formula is C17H19N3O4S. The smallest absolute Gasteiger partial charge is 0.254 e. The quantitative estimate of drug-likeness (QED) is 0.799. The number of carbonyl (C=O) groups is 1. The van der Waals surface area contributed by atoms with Gasteiger partial charge in [0.25, 0.3) is 11.5 Å². The van der Waals surface area contributed by atoms with Crippen molar-refractivity contribution in [3.8, 4) is 0 Å². The van der Waals surface area contributed by atoms with Crippen LogP contribution in [0.2, 0.25) is 0 Å². The molecule has 0 N–H and O–H groups in total. The summed E-state index contributed by atoms with van der Waals surface area (Å²) in [6.45, 7) is 1.04. The molecule has 1 aromatic carbocycles. The minimum Gasteiger partial charge on any atom is -0.336 e. The first-order valence-electron chi connectivity index (χ1n) is 7.91. The molecule has 1 saturated heterocycles. The number of aryl methyl sites for hydroxylation is 1. The van der Waals surface area contributed by atoms with Gasteiger partial charge >= 0.3 is 0 Å². The number of hydrogen-bond donors (Lipinski definition) is 0. The first-order chi connectivity index (χ1) is 11.9. The van der Waals surface area contributed by atoms with E-state index in [1.54, 1.807) is 54.5 Å². The van der Waals surface area contributed by atoms with Crippen LogP contribution in [0.1, 0.15) is 10.4 Å². The van der Waals surface area contributed by atoms with E-state index < -0.39 is 10.0 Å². The summed E-state index contributed by atoms with van der Waals surface area (Å²) >= 11 is 0. The number of hydrogen-bond acceptors (Lipinski definition) is 4. The number of aromatic nitrogens is 1. The van der Waals surface area contributed by atoms with Crippen molar-refractivity contribution in [2.75, 3.05) is 26.2 Å². The largest absolute Gasteiger partial charge is 0.336 e. The Morgan fingerprint density at radius 3 is 2.24 bits per heavy atom. The first kappa shape index (κ1) is 17.4. The fourth-order valence-corrected chi connectivity index (χ4v) is 4.18. The van der Waals surface area contributed by atoms with E-state index in [2.05, 4.69) is 0 Å². The van der Waals surface area contributed by atoms with Crippen LogP contribution in [-0.2, 0) is 17.1 Å². The summed E-state index contributed by atoms with van der Waals surface area (Å²) in [5, 5.41) is 0. The highest BCUT2D eigenvalue weighted by Crippen LogP contribution is 2.18. The second-order valence-electron chi connectivity index (χ2n) is 5.87. The molecule has 25 heavy (non-hydrogen) atoms. The Bertz CT molecular complexity index is 930. The van der Waals surface area contributed by atoms with E-state index >= 15 is 0 Å². The Morgan fingerprint density at radius 2 is 1.64 bits per heavy atom. The highest BCUT2D eigenvalue weighted by atomic mass is 32.2. The van der Waals surface area contributed by atoms with Gasteiger partial charge in [0.15, 0.2) is 0 Å². The van der Waals surface area contributed by atoms with Gasteiger partial charge in [0.05, 0.1) is 4.90 Å². The zero-order valence-electron chi connectivity index (χ0n) is 13.8. The van der Waals surface area contributed by atoms with Crippen molar-refractivity contribution < 1.29 is 13.2 Å². The number of piperazine rings is 1. The van der Waals surface area contributed by atoms with Crippen LogP contribution in [0.4, 0.5) is 0 Å². The molecule has 1 aliphatic rings. The molecule has 0 aliphatic carbocycles. The maximum atomic E-state index is 12.6. The van der Waals surface area contributed by atoms with Crippen LogP contribution in [0.15, 0.2) is 58.4 Å². The average molecular weight is 361 g/mol. The van der Waals surface area contributed by atoms with E-state index in [-0.39, 0.29) is 29.5 Å². The minimum absolute atomic E-state index is 0.230. The Balaban J connectivity index is 1.70. The van der Waals surface area contributed by atoms with Crippen molar-refractivity contribution in [3.63, 3.8) is 0 Å². The number of rotatable bonds is 3. The number of pyridine rings is 1. The fraction of sp³-hybridized carbons (Fsp3) is 0.294. The van der Waals surface area contributed by atoms with E-state index in [0.29, 0.717) is 18.7 Å². The van der Waals surface area contributed by atoms with Gasteiger partial charge in [-0.25, -0.2) is 8.42 Å². The van der Waals surface area contributed by atoms with Gasteiger partial charge in [0.2, 0.25) is 10.0 Å². The fourth-order valence-electron chi connectivity index (χ4n) is 2.74. The van der Waals surface area contributed by atoms with Gasteiger partial charge < -0.3 is 9.47 Å². The molecule has 0 atom stereocenters. The number of sulfonamides is 1. The van der Waals surface area contributed by atoms with Crippen molar-refractivity contribution >= 4 is 15.9 Å². The highest BCUT2D eigenvalue weighted by molar-refractivity contribution is 7.89. The summed E-state index contributed by atoms with van der Waals surface area (Å²) in [5.41, 5.74) is 0.0682. The SMILES string of the molecule is Cn1ccc(C(=O)N2CCN(S(=O)(=O)c3ccccc3)CC2)cc1=O. The molecule has 132 valence electrons. The Kier molecular flexibility index (Phi) is 4.73. The molecule has 0 radical (unpaired) electrons. The summed E-state index contributed by atoms with van der Waals surface area (Å²) in [6, 6.07) is 11.1. The Labute approximate surface area is 146 Å². The molecule has 1 aromatic heterocycles. The molecule has 8 heteroatoms. The van der Waals surface area contributed by atoms with E-state index in [9.17, 15) is 18.0 Å². The molecule has 0 saturated carbocycles. The van der Waals surface area contributed by atoms with Crippen molar-refractivity contribution in [2.45, 2.75) is 4.90 Å². The number of amides is 1. The zero-order chi connectivity index (χ0) is 18.0. The lowest BCUT2D eigenvalue weighted by Crippen LogP contribution is -2.50. The molecule has 2 heterocycles. The van der Waals surface area contributed by atoms with E-state index in [0.717, 1.165) is 0 Å². The van der Waals surface area contributed by atoms with Gasteiger partial charge in [-0.05, 0) is 18.2 Å². The van der Waals surface area contributed by atoms with Crippen LogP contribution in [0, 0.1) is 0 Å². The second kappa shape index (κ2) is 6.81. The van der Waals surface area contributed by atoms with Gasteiger partial charge in [-0.1, -0.05) is 18.2 Å². The monoisotopic (exact) mass is 361 g/mol. The van der Waals surface area contributed by atoms with Gasteiger partial charge in [-0.3, -0.25) is 9.59 Å². The molecular weight excluding hydrogens is 342 g/mol. The lowest BCUT2D eigenvalue weighted by Gasteiger charge is -2.34. The Hall–Kier alpha value is -2.45. The maximum absolute atomic E-state index is 12.6. The molecule has 2 aromatic rings. The lowest BCUT2D eigenvalue weighted by molar-refractivity contribution is 0.0697. The van der Waals surface area contributed by atoms with E-state index in [1.807, 2.05) is 0 Å². The van der Waals surface area contributed by atoms with E-state index in [1.165, 1.54) is 14.9 Å². The summed E-state index contributed by atoms with van der Waals surface area (Å²) in [5.74, 6) is -0.255. The molecule has 7 nitrogen and oxygen atoms in total. The predicted molar refractivity (Wildman–Crippen MR) is 92.8 cm³/mol. The van der Waals surface area contributed by atoms with Crippen molar-refractivity contribution in [1.29, 1.82) is 0 Å². The third-order valence-electron chi connectivity index (χ3n) is 4.26. The molecule has 1 aliphatic heterocycles. The molecule has 1 fully saturated rings. The molecule has 0 bridgehead atoms. The number of carbonyl (C=O) groups excluding carboxylic acids is 1. The summed E-state index contributed by atoms with van der Waals surface area (Å²) < 4.78 is 28.0. The van der Waals surface area contributed by atoms with Crippen LogP contribution in [0.3, 0.4) is 0 Å². The van der Waals surface area contributed by atoms with Crippen molar-refractivity contribution in [3.05, 3.63) is 64.6 Å². The summed E-state index contributed by atoms with van der Waals surface area (Å²) in [6.07, 6.45) is 1.55. The van der Waals surface area contributed by atoms with Crippen LogP contribution in [0.25, 0.3) is 0 Å². The van der Waals surface area contributed by atoms with Crippen LogP contribution in [0.5, 0.6) is 0 Å². The van der Waals surface area contributed by atoms with Crippen molar-refractivity contribution in [1.82, 2.24) is 13.8 Å². The normalized spacial score (nSPS) is 16.0. The Morgan fingerprint density at radius 1 is 1.00 bits per heavy atom. The predicted octanol–water partition coefficient (Wildman–Crippen LogP) is 0.532. The molecule has 0 unspecified atom stereocenters. The maximum Gasteiger partial charge on any atom is 0.254 e. The standard InChI is InChI=1S/C17H19N3O4S/c1-18-8-7-14(13-16(18)21)17(22)19-9-11-20(12-10-19)25(23,24)15-5-3-2-4-6-15/h2-8,13H,9-12H2,1H3. The third-order valence-corrected chi connectivity index (χ3v) is 6.17. The summed E-state index contributed by atoms with van der Waals surface area (Å²) in [4.78, 5) is 26.0. The molecule has 0 spiro atoms. The summed E-state index contributed by atoms with van der Waals surface area (Å²) in [7, 11) is -1.93. The topological polar surface area (TPSA) is 79.7 Å². The second-order valence-corrected chi connectivity index (χ2v) is 7.81.